The summed E-state index contributed by atoms with van der Waals surface area (Å²) in [6, 6.07) is 22.9. The van der Waals surface area contributed by atoms with E-state index in [1.54, 1.807) is 18.5 Å². The number of ketones is 1. The van der Waals surface area contributed by atoms with Crippen LogP contribution in [0.4, 0.5) is 11.4 Å². The molecule has 1 N–H and O–H groups in total. The van der Waals surface area contributed by atoms with Crippen molar-refractivity contribution in [2.75, 3.05) is 23.3 Å². The Morgan fingerprint density at radius 2 is 1.61 bits per heavy atom. The van der Waals surface area contributed by atoms with Crippen molar-refractivity contribution >= 4 is 39.0 Å². The largest absolute Gasteiger partial charge is 0.372 e. The molecular weight excluding hydrogens is 540 g/mol. The zero-order chi connectivity index (χ0) is 26.3. The maximum atomic E-state index is 13.6. The molecule has 2 heterocycles. The summed E-state index contributed by atoms with van der Waals surface area (Å²) in [7, 11) is 0. The summed E-state index contributed by atoms with van der Waals surface area (Å²) in [6.07, 6.45) is 7.04. The van der Waals surface area contributed by atoms with Crippen molar-refractivity contribution in [3.8, 4) is 11.4 Å². The van der Waals surface area contributed by atoms with E-state index in [4.69, 9.17) is 0 Å². The van der Waals surface area contributed by atoms with Gasteiger partial charge in [0, 0.05) is 59.6 Å². The van der Waals surface area contributed by atoms with Gasteiger partial charge in [-0.1, -0.05) is 58.4 Å². The van der Waals surface area contributed by atoms with Crippen LogP contribution in [0.5, 0.6) is 0 Å². The molecule has 0 radical (unpaired) electrons. The number of anilines is 2. The fraction of sp³-hybridized carbons (Fsp3) is 0.226. The molecule has 192 valence electrons. The Labute approximate surface area is 231 Å². The number of Topliss-reactive ketones (excluding diaryl/α,β-unsaturated/α-hetero) is 1. The van der Waals surface area contributed by atoms with Crippen molar-refractivity contribution in [3.05, 3.63) is 107 Å². The zero-order valence-corrected chi connectivity index (χ0v) is 22.7. The topological polar surface area (TPSA) is 75.2 Å². The number of amides is 1. The van der Waals surface area contributed by atoms with Gasteiger partial charge in [-0.2, -0.15) is 0 Å². The SMILES string of the molecule is O=C(Nc1ccc(N2CCCCC2)cc1C(=O)Cc1cnc(-c2ccccc2)nc1)c1cccc(CBr)c1. The normalized spacial score (nSPS) is 13.2. The molecule has 0 unspecified atom stereocenters. The van der Waals surface area contributed by atoms with Crippen LogP contribution in [-0.2, 0) is 11.8 Å². The van der Waals surface area contributed by atoms with Crippen LogP contribution in [0.3, 0.4) is 0 Å². The lowest BCUT2D eigenvalue weighted by atomic mass is 10.0. The third-order valence-electron chi connectivity index (χ3n) is 6.72. The smallest absolute Gasteiger partial charge is 0.255 e. The van der Waals surface area contributed by atoms with Crippen molar-refractivity contribution in [2.24, 2.45) is 0 Å². The minimum atomic E-state index is -0.247. The van der Waals surface area contributed by atoms with Crippen LogP contribution in [0.15, 0.2) is 85.2 Å². The van der Waals surface area contributed by atoms with Gasteiger partial charge in [-0.3, -0.25) is 9.59 Å². The number of nitrogens with one attached hydrogen (secondary N) is 1. The molecule has 0 aliphatic carbocycles. The third-order valence-corrected chi connectivity index (χ3v) is 7.37. The summed E-state index contributed by atoms with van der Waals surface area (Å²) in [6.45, 7) is 1.93. The monoisotopic (exact) mass is 568 g/mol. The van der Waals surface area contributed by atoms with Gasteiger partial charge >= 0.3 is 0 Å². The Morgan fingerprint density at radius 1 is 0.842 bits per heavy atom. The van der Waals surface area contributed by atoms with Gasteiger partial charge < -0.3 is 10.2 Å². The van der Waals surface area contributed by atoms with Gasteiger partial charge in [-0.15, -0.1) is 0 Å². The molecule has 4 aromatic rings. The Hall–Kier alpha value is -3.84. The summed E-state index contributed by atoms with van der Waals surface area (Å²) >= 11 is 3.44. The molecule has 0 saturated carbocycles. The van der Waals surface area contributed by atoms with E-state index in [1.807, 2.05) is 66.7 Å². The molecular formula is C31H29BrN4O2. The van der Waals surface area contributed by atoms with E-state index in [0.29, 0.717) is 28.0 Å². The van der Waals surface area contributed by atoms with Crippen molar-refractivity contribution in [2.45, 2.75) is 31.0 Å². The average Bonchev–Trinajstić information content (AvgIpc) is 2.98. The van der Waals surface area contributed by atoms with Gasteiger partial charge in [0.25, 0.3) is 5.91 Å². The van der Waals surface area contributed by atoms with Crippen molar-refractivity contribution in [1.29, 1.82) is 0 Å². The predicted octanol–water partition coefficient (Wildman–Crippen LogP) is 6.71. The van der Waals surface area contributed by atoms with Crippen LogP contribution >= 0.6 is 15.9 Å². The van der Waals surface area contributed by atoms with E-state index < -0.39 is 0 Å². The van der Waals surface area contributed by atoms with Crippen molar-refractivity contribution in [3.63, 3.8) is 0 Å². The highest BCUT2D eigenvalue weighted by Crippen LogP contribution is 2.28. The van der Waals surface area contributed by atoms with Gasteiger partial charge in [-0.25, -0.2) is 9.97 Å². The second-order valence-electron chi connectivity index (χ2n) is 9.45. The number of hydrogen-bond acceptors (Lipinski definition) is 5. The average molecular weight is 570 g/mol. The predicted molar refractivity (Wildman–Crippen MR) is 155 cm³/mol. The maximum Gasteiger partial charge on any atom is 0.255 e. The Balaban J connectivity index is 1.40. The number of aromatic nitrogens is 2. The molecule has 1 saturated heterocycles. The number of carbonyl (C=O) groups excluding carboxylic acids is 2. The van der Waals surface area contributed by atoms with E-state index in [-0.39, 0.29) is 18.1 Å². The maximum absolute atomic E-state index is 13.6. The molecule has 5 rings (SSSR count). The molecule has 0 bridgehead atoms. The van der Waals surface area contributed by atoms with E-state index in [2.05, 4.69) is 36.1 Å². The number of piperidine rings is 1. The Morgan fingerprint density at radius 3 is 2.34 bits per heavy atom. The summed E-state index contributed by atoms with van der Waals surface area (Å²) < 4.78 is 0. The Bertz CT molecular complexity index is 1420. The van der Waals surface area contributed by atoms with Crippen LogP contribution in [-0.4, -0.2) is 34.7 Å². The first-order chi connectivity index (χ1) is 18.6. The second kappa shape index (κ2) is 12.1. The first-order valence-electron chi connectivity index (χ1n) is 12.9. The highest BCUT2D eigenvalue weighted by molar-refractivity contribution is 9.08. The minimum Gasteiger partial charge on any atom is -0.372 e. The number of carbonyl (C=O) groups is 2. The van der Waals surface area contributed by atoms with Crippen LogP contribution in [0, 0.1) is 0 Å². The molecule has 3 aromatic carbocycles. The van der Waals surface area contributed by atoms with Crippen LogP contribution in [0.1, 0.15) is 51.1 Å². The number of hydrogen-bond donors (Lipinski definition) is 1. The standard InChI is InChI=1S/C31H29BrN4O2/c32-19-22-8-7-11-25(16-22)31(38)35-28-13-12-26(36-14-5-2-6-15-36)18-27(28)29(37)17-23-20-33-30(34-21-23)24-9-3-1-4-10-24/h1,3-4,7-13,16,18,20-21H,2,5-6,14-15,17,19H2,(H,35,38). The molecule has 38 heavy (non-hydrogen) atoms. The lowest BCUT2D eigenvalue weighted by molar-refractivity contribution is 0.0993. The van der Waals surface area contributed by atoms with Gasteiger partial charge in [-0.05, 0) is 60.7 Å². The van der Waals surface area contributed by atoms with Gasteiger partial charge in [0.2, 0.25) is 0 Å². The number of benzene rings is 3. The van der Waals surface area contributed by atoms with Gasteiger partial charge in [0.15, 0.2) is 11.6 Å². The molecule has 1 aliphatic rings. The van der Waals surface area contributed by atoms with Crippen LogP contribution < -0.4 is 10.2 Å². The molecule has 1 fully saturated rings. The summed E-state index contributed by atoms with van der Waals surface area (Å²) in [5.74, 6) is 0.278. The first kappa shape index (κ1) is 25.8. The van der Waals surface area contributed by atoms with E-state index in [0.717, 1.165) is 48.3 Å². The zero-order valence-electron chi connectivity index (χ0n) is 21.1. The highest BCUT2D eigenvalue weighted by Gasteiger charge is 2.19. The summed E-state index contributed by atoms with van der Waals surface area (Å²) in [5, 5.41) is 3.64. The fourth-order valence-corrected chi connectivity index (χ4v) is 5.02. The first-order valence-corrected chi connectivity index (χ1v) is 14.0. The minimum absolute atomic E-state index is 0.0931. The quantitative estimate of drug-likeness (QED) is 0.189. The number of nitrogens with zero attached hydrogens (tertiary/aromatic N) is 3. The molecule has 1 aromatic heterocycles. The lowest BCUT2D eigenvalue weighted by Crippen LogP contribution is -2.29. The van der Waals surface area contributed by atoms with E-state index >= 15 is 0 Å². The van der Waals surface area contributed by atoms with E-state index in [1.165, 1.54) is 6.42 Å². The molecule has 0 atom stereocenters. The summed E-state index contributed by atoms with van der Waals surface area (Å²) in [5.41, 5.74) is 5.20. The van der Waals surface area contributed by atoms with Crippen LogP contribution in [0.2, 0.25) is 0 Å². The molecule has 6 nitrogen and oxygen atoms in total. The second-order valence-corrected chi connectivity index (χ2v) is 10.0. The molecule has 1 amide bonds. The third kappa shape index (κ3) is 6.17. The molecule has 1 aliphatic heterocycles. The van der Waals surface area contributed by atoms with Crippen molar-refractivity contribution < 1.29 is 9.59 Å². The number of rotatable bonds is 8. The molecule has 7 heteroatoms. The summed E-state index contributed by atoms with van der Waals surface area (Å²) in [4.78, 5) is 38.0. The molecule has 0 spiro atoms. The van der Waals surface area contributed by atoms with Gasteiger partial charge in [0.1, 0.15) is 0 Å². The number of alkyl halides is 1. The Kier molecular flexibility index (Phi) is 8.24. The van der Waals surface area contributed by atoms with Gasteiger partial charge in [0.05, 0.1) is 5.69 Å². The number of halogens is 1. The van der Waals surface area contributed by atoms with Crippen molar-refractivity contribution in [1.82, 2.24) is 9.97 Å². The lowest BCUT2D eigenvalue weighted by Gasteiger charge is -2.29. The van der Waals surface area contributed by atoms with E-state index in [9.17, 15) is 9.59 Å². The fourth-order valence-electron chi connectivity index (χ4n) is 4.67. The highest BCUT2D eigenvalue weighted by atomic mass is 79.9. The van der Waals surface area contributed by atoms with Crippen LogP contribution in [0.25, 0.3) is 11.4 Å².